The van der Waals surface area contributed by atoms with Crippen molar-refractivity contribution in [3.8, 4) is 11.5 Å². The number of para-hydroxylation sites is 1. The number of rotatable bonds is 4. The molecule has 1 aliphatic heterocycles. The second kappa shape index (κ2) is 6.68. The number of nitrogens with one attached hydrogen (secondary N) is 2. The lowest BCUT2D eigenvalue weighted by molar-refractivity contribution is -0.118. The number of methoxy groups -OCH3 is 1. The smallest absolute Gasteiger partial charge is 0.262 e. The van der Waals surface area contributed by atoms with E-state index in [1.165, 1.54) is 0 Å². The Morgan fingerprint density at radius 2 is 2.11 bits per heavy atom. The molecule has 2 N–H and O–H groups in total. The van der Waals surface area contributed by atoms with Crippen LogP contribution in [-0.4, -0.2) is 25.5 Å². The summed E-state index contributed by atoms with van der Waals surface area (Å²) in [5, 5.41) is 6.51. The van der Waals surface area contributed by atoms with E-state index >= 15 is 0 Å². The second-order valence-electron chi connectivity index (χ2n) is 6.27. The van der Waals surface area contributed by atoms with Crippen LogP contribution in [0.15, 0.2) is 46.9 Å². The quantitative estimate of drug-likeness (QED) is 0.740. The fraction of sp³-hybridized carbons (Fsp3) is 0.200. The van der Waals surface area contributed by atoms with E-state index in [1.807, 2.05) is 31.2 Å². The Morgan fingerprint density at radius 3 is 2.93 bits per heavy atom. The summed E-state index contributed by atoms with van der Waals surface area (Å²) < 4.78 is 16.5. The summed E-state index contributed by atoms with van der Waals surface area (Å²) in [5.74, 6) is 1.27. The summed E-state index contributed by atoms with van der Waals surface area (Å²) in [6.07, 6.45) is 0. The van der Waals surface area contributed by atoms with Gasteiger partial charge in [-0.25, -0.2) is 0 Å². The topological polar surface area (TPSA) is 89.8 Å². The van der Waals surface area contributed by atoms with E-state index in [1.54, 1.807) is 25.3 Å². The normalized spacial score (nSPS) is 14.1. The van der Waals surface area contributed by atoms with Crippen molar-refractivity contribution in [3.05, 3.63) is 53.8 Å². The highest BCUT2D eigenvalue weighted by atomic mass is 16.5. The fourth-order valence-electron chi connectivity index (χ4n) is 3.00. The Hall–Kier alpha value is -3.48. The van der Waals surface area contributed by atoms with Crippen LogP contribution in [-0.2, 0) is 4.79 Å². The fourth-order valence-corrected chi connectivity index (χ4v) is 3.00. The number of anilines is 1. The summed E-state index contributed by atoms with van der Waals surface area (Å²) >= 11 is 0. The number of carbonyl (C=O) groups excluding carboxylic acids is 2. The molecule has 138 valence electrons. The van der Waals surface area contributed by atoms with Gasteiger partial charge in [0.05, 0.1) is 18.8 Å². The van der Waals surface area contributed by atoms with Gasteiger partial charge in [-0.3, -0.25) is 9.59 Å². The number of furan rings is 1. The molecule has 0 spiro atoms. The first kappa shape index (κ1) is 17.0. The summed E-state index contributed by atoms with van der Waals surface area (Å²) in [4.78, 5) is 23.9. The molecule has 1 aromatic heterocycles. The third kappa shape index (κ3) is 3.19. The summed E-state index contributed by atoms with van der Waals surface area (Å²) in [6, 6.07) is 12.1. The zero-order valence-corrected chi connectivity index (χ0v) is 14.9. The van der Waals surface area contributed by atoms with Crippen LogP contribution >= 0.6 is 0 Å². The second-order valence-corrected chi connectivity index (χ2v) is 6.27. The highest BCUT2D eigenvalue weighted by Crippen LogP contribution is 2.31. The van der Waals surface area contributed by atoms with Crippen LogP contribution in [0.1, 0.15) is 29.1 Å². The van der Waals surface area contributed by atoms with Crippen molar-refractivity contribution < 1.29 is 23.5 Å². The maximum atomic E-state index is 12.6. The molecule has 0 aliphatic carbocycles. The highest BCUT2D eigenvalue weighted by Gasteiger charge is 2.20. The SMILES string of the molecule is COc1cccc2cc(C(C)NC(=O)c3ccc4c(c3)OCC(=O)N4)oc12. The first-order valence-electron chi connectivity index (χ1n) is 8.49. The van der Waals surface area contributed by atoms with Gasteiger partial charge in [-0.05, 0) is 37.3 Å². The van der Waals surface area contributed by atoms with E-state index in [0.717, 1.165) is 5.39 Å². The molecule has 0 saturated heterocycles. The zero-order chi connectivity index (χ0) is 19.0. The van der Waals surface area contributed by atoms with Gasteiger partial charge in [-0.1, -0.05) is 12.1 Å². The Labute approximate surface area is 155 Å². The highest BCUT2D eigenvalue weighted by molar-refractivity contribution is 5.99. The lowest BCUT2D eigenvalue weighted by Crippen LogP contribution is -2.28. The van der Waals surface area contributed by atoms with Gasteiger partial charge in [0.2, 0.25) is 0 Å². The monoisotopic (exact) mass is 366 g/mol. The van der Waals surface area contributed by atoms with Crippen LogP contribution in [0.3, 0.4) is 0 Å². The van der Waals surface area contributed by atoms with E-state index in [0.29, 0.717) is 34.1 Å². The van der Waals surface area contributed by atoms with Crippen molar-refractivity contribution >= 4 is 28.5 Å². The van der Waals surface area contributed by atoms with E-state index in [4.69, 9.17) is 13.9 Å². The number of hydrogen-bond acceptors (Lipinski definition) is 5. The van der Waals surface area contributed by atoms with Crippen molar-refractivity contribution in [2.45, 2.75) is 13.0 Å². The van der Waals surface area contributed by atoms with E-state index in [9.17, 15) is 9.59 Å². The maximum absolute atomic E-state index is 12.6. The van der Waals surface area contributed by atoms with Gasteiger partial charge >= 0.3 is 0 Å². The molecule has 27 heavy (non-hydrogen) atoms. The third-order valence-corrected chi connectivity index (χ3v) is 4.40. The Bertz CT molecular complexity index is 1040. The van der Waals surface area contributed by atoms with Crippen molar-refractivity contribution in [1.29, 1.82) is 0 Å². The molecular weight excluding hydrogens is 348 g/mol. The minimum atomic E-state index is -0.341. The summed E-state index contributed by atoms with van der Waals surface area (Å²) in [5.41, 5.74) is 1.64. The largest absolute Gasteiger partial charge is 0.493 e. The Morgan fingerprint density at radius 1 is 1.26 bits per heavy atom. The lowest BCUT2D eigenvalue weighted by atomic mass is 10.1. The molecule has 2 amide bonds. The van der Waals surface area contributed by atoms with Gasteiger partial charge in [0.1, 0.15) is 11.5 Å². The minimum Gasteiger partial charge on any atom is -0.493 e. The number of hydrogen-bond donors (Lipinski definition) is 2. The van der Waals surface area contributed by atoms with Crippen LogP contribution in [0.5, 0.6) is 11.5 Å². The van der Waals surface area contributed by atoms with Crippen molar-refractivity contribution in [2.75, 3.05) is 19.0 Å². The molecule has 0 fully saturated rings. The number of benzene rings is 2. The standard InChI is InChI=1S/C20H18N2O5/c1-11(16-8-12-4-3-5-15(25-2)19(12)27-16)21-20(24)13-6-7-14-17(9-13)26-10-18(23)22-14/h3-9,11H,10H2,1-2H3,(H,21,24)(H,22,23). The van der Waals surface area contributed by atoms with E-state index < -0.39 is 0 Å². The third-order valence-electron chi connectivity index (χ3n) is 4.40. The van der Waals surface area contributed by atoms with Crippen LogP contribution in [0.2, 0.25) is 0 Å². The van der Waals surface area contributed by atoms with Crippen molar-refractivity contribution in [2.24, 2.45) is 0 Å². The average molecular weight is 366 g/mol. The first-order chi connectivity index (χ1) is 13.0. The van der Waals surface area contributed by atoms with Crippen LogP contribution in [0.25, 0.3) is 11.0 Å². The number of amides is 2. The summed E-state index contributed by atoms with van der Waals surface area (Å²) in [7, 11) is 1.59. The molecule has 0 radical (unpaired) electrons. The van der Waals surface area contributed by atoms with Crippen molar-refractivity contribution in [1.82, 2.24) is 5.32 Å². The van der Waals surface area contributed by atoms with Gasteiger partial charge in [0.25, 0.3) is 11.8 Å². The molecular formula is C20H18N2O5. The van der Waals surface area contributed by atoms with Crippen LogP contribution in [0, 0.1) is 0 Å². The van der Waals surface area contributed by atoms with Crippen molar-refractivity contribution in [3.63, 3.8) is 0 Å². The molecule has 7 heteroatoms. The Kier molecular flexibility index (Phi) is 4.19. The molecule has 7 nitrogen and oxygen atoms in total. The molecule has 1 aliphatic rings. The van der Waals surface area contributed by atoms with Gasteiger partial charge < -0.3 is 24.5 Å². The number of fused-ring (bicyclic) bond motifs is 2. The van der Waals surface area contributed by atoms with Crippen LogP contribution < -0.4 is 20.1 Å². The molecule has 4 rings (SSSR count). The molecule has 1 unspecified atom stereocenters. The minimum absolute atomic E-state index is 0.0602. The van der Waals surface area contributed by atoms with Gasteiger partial charge in [-0.15, -0.1) is 0 Å². The lowest BCUT2D eigenvalue weighted by Gasteiger charge is -2.18. The van der Waals surface area contributed by atoms with Gasteiger partial charge in [0.15, 0.2) is 17.9 Å². The Balaban J connectivity index is 1.53. The molecule has 1 atom stereocenters. The number of carbonyl (C=O) groups is 2. The van der Waals surface area contributed by atoms with E-state index in [-0.39, 0.29) is 24.5 Å². The average Bonchev–Trinajstić information content (AvgIpc) is 3.12. The first-order valence-corrected chi connectivity index (χ1v) is 8.49. The molecule has 0 saturated carbocycles. The predicted molar refractivity (Wildman–Crippen MR) is 99.2 cm³/mol. The molecule has 0 bridgehead atoms. The van der Waals surface area contributed by atoms with Gasteiger partial charge in [0, 0.05) is 10.9 Å². The molecule has 2 aromatic carbocycles. The maximum Gasteiger partial charge on any atom is 0.262 e. The number of ether oxygens (including phenoxy) is 2. The van der Waals surface area contributed by atoms with Gasteiger partial charge in [-0.2, -0.15) is 0 Å². The molecule has 3 aromatic rings. The van der Waals surface area contributed by atoms with Crippen LogP contribution in [0.4, 0.5) is 5.69 Å². The van der Waals surface area contributed by atoms with E-state index in [2.05, 4.69) is 10.6 Å². The zero-order valence-electron chi connectivity index (χ0n) is 14.9. The predicted octanol–water partition coefficient (Wildman–Crippen LogP) is 3.26. The summed E-state index contributed by atoms with van der Waals surface area (Å²) in [6.45, 7) is 1.78. The molecule has 2 heterocycles.